The van der Waals surface area contributed by atoms with Crippen molar-refractivity contribution in [1.82, 2.24) is 10.3 Å². The van der Waals surface area contributed by atoms with Crippen LogP contribution in [0.3, 0.4) is 0 Å². The van der Waals surface area contributed by atoms with Crippen LogP contribution in [0.2, 0.25) is 0 Å². The van der Waals surface area contributed by atoms with Crippen LogP contribution >= 0.6 is 0 Å². The topological polar surface area (TPSA) is 34.1 Å². The first-order valence-corrected chi connectivity index (χ1v) is 7.64. The average Bonchev–Trinajstić information content (AvgIpc) is 2.91. The Morgan fingerprint density at radius 1 is 1.45 bits per heavy atom. The van der Waals surface area contributed by atoms with Gasteiger partial charge in [0.15, 0.2) is 0 Å². The first-order chi connectivity index (χ1) is 9.65. The van der Waals surface area contributed by atoms with Crippen molar-refractivity contribution in [3.05, 3.63) is 29.8 Å². The summed E-state index contributed by atoms with van der Waals surface area (Å²) >= 11 is 0. The van der Waals surface area contributed by atoms with Gasteiger partial charge in [0.25, 0.3) is 0 Å². The molecule has 1 N–H and O–H groups in total. The van der Waals surface area contributed by atoms with E-state index < -0.39 is 0 Å². The third-order valence-corrected chi connectivity index (χ3v) is 3.68. The molecule has 2 atom stereocenters. The van der Waals surface area contributed by atoms with Gasteiger partial charge in [0.1, 0.15) is 5.82 Å². The van der Waals surface area contributed by atoms with Crippen molar-refractivity contribution in [3.8, 4) is 0 Å². The van der Waals surface area contributed by atoms with E-state index in [4.69, 9.17) is 4.74 Å². The Balaban J connectivity index is 1.87. The molecule has 4 heteroatoms. The second-order valence-corrected chi connectivity index (χ2v) is 5.84. The lowest BCUT2D eigenvalue weighted by Gasteiger charge is -2.21. The quantitative estimate of drug-likeness (QED) is 0.828. The Kier molecular flexibility index (Phi) is 5.92. The molecule has 1 aromatic heterocycles. The normalized spacial score (nSPS) is 20.5. The van der Waals surface area contributed by atoms with Crippen LogP contribution in [-0.2, 0) is 4.74 Å². The molecule has 3 nitrogen and oxygen atoms in total. The molecule has 20 heavy (non-hydrogen) atoms. The number of aromatic nitrogens is 1. The first kappa shape index (κ1) is 15.4. The van der Waals surface area contributed by atoms with E-state index in [0.717, 1.165) is 31.6 Å². The lowest BCUT2D eigenvalue weighted by Crippen LogP contribution is -2.29. The van der Waals surface area contributed by atoms with Crippen LogP contribution in [0.4, 0.5) is 4.39 Å². The summed E-state index contributed by atoms with van der Waals surface area (Å²) in [5.74, 6) is -0.281. The molecule has 1 aliphatic heterocycles. The molecule has 2 rings (SSSR count). The largest absolute Gasteiger partial charge is 0.378 e. The molecule has 1 saturated heterocycles. The number of hydrogen-bond acceptors (Lipinski definition) is 3. The van der Waals surface area contributed by atoms with Gasteiger partial charge in [0, 0.05) is 18.7 Å². The van der Waals surface area contributed by atoms with Crippen molar-refractivity contribution in [2.24, 2.45) is 0 Å². The molecule has 1 aliphatic rings. The van der Waals surface area contributed by atoms with E-state index in [-0.39, 0.29) is 11.9 Å². The molecule has 0 aliphatic carbocycles. The molecular formula is C16H25FN2O. The van der Waals surface area contributed by atoms with Gasteiger partial charge in [0.05, 0.1) is 18.0 Å². The maximum Gasteiger partial charge on any atom is 0.141 e. The molecule has 0 aromatic carbocycles. The summed E-state index contributed by atoms with van der Waals surface area (Å²) in [6.45, 7) is 5.16. The highest BCUT2D eigenvalue weighted by molar-refractivity contribution is 5.10. The number of nitrogens with zero attached hydrogens (tertiary/aromatic N) is 1. The van der Waals surface area contributed by atoms with Crippen molar-refractivity contribution in [1.29, 1.82) is 0 Å². The average molecular weight is 280 g/mol. The van der Waals surface area contributed by atoms with Crippen molar-refractivity contribution < 1.29 is 9.13 Å². The lowest BCUT2D eigenvalue weighted by molar-refractivity contribution is 0.101. The standard InChI is InChI=1S/C16H25FN2O/c1-12(2)19-16(15-9-8-13(17)11-18-15)7-3-5-14-6-4-10-20-14/h8-9,11-12,14,16,19H,3-7,10H2,1-2H3. The highest BCUT2D eigenvalue weighted by atomic mass is 19.1. The van der Waals surface area contributed by atoms with Crippen molar-refractivity contribution in [2.75, 3.05) is 6.61 Å². The molecule has 112 valence electrons. The molecule has 2 unspecified atom stereocenters. The number of pyridine rings is 1. The van der Waals surface area contributed by atoms with E-state index in [1.165, 1.54) is 25.1 Å². The summed E-state index contributed by atoms with van der Waals surface area (Å²) < 4.78 is 18.6. The van der Waals surface area contributed by atoms with Crippen molar-refractivity contribution in [2.45, 2.75) is 64.1 Å². The van der Waals surface area contributed by atoms with Gasteiger partial charge in [0.2, 0.25) is 0 Å². The van der Waals surface area contributed by atoms with Gasteiger partial charge in [-0.3, -0.25) is 4.98 Å². The second kappa shape index (κ2) is 7.70. The minimum absolute atomic E-state index is 0.192. The van der Waals surface area contributed by atoms with Crippen LogP contribution in [0.1, 0.15) is 57.7 Å². The SMILES string of the molecule is CC(C)NC(CCCC1CCCO1)c1ccc(F)cn1. The van der Waals surface area contributed by atoms with E-state index >= 15 is 0 Å². The Labute approximate surface area is 120 Å². The lowest BCUT2D eigenvalue weighted by atomic mass is 10.0. The monoisotopic (exact) mass is 280 g/mol. The van der Waals surface area contributed by atoms with Gasteiger partial charge >= 0.3 is 0 Å². The first-order valence-electron chi connectivity index (χ1n) is 7.64. The number of ether oxygens (including phenoxy) is 1. The van der Waals surface area contributed by atoms with Crippen LogP contribution < -0.4 is 5.32 Å². The van der Waals surface area contributed by atoms with Gasteiger partial charge in [-0.15, -0.1) is 0 Å². The van der Waals surface area contributed by atoms with Crippen molar-refractivity contribution >= 4 is 0 Å². The molecule has 1 aromatic rings. The van der Waals surface area contributed by atoms with Crippen LogP contribution in [0.15, 0.2) is 18.3 Å². The fraction of sp³-hybridized carbons (Fsp3) is 0.688. The zero-order valence-corrected chi connectivity index (χ0v) is 12.4. The number of hydrogen-bond donors (Lipinski definition) is 1. The Morgan fingerprint density at radius 2 is 2.30 bits per heavy atom. The van der Waals surface area contributed by atoms with E-state index in [0.29, 0.717) is 12.1 Å². The minimum atomic E-state index is -0.281. The summed E-state index contributed by atoms with van der Waals surface area (Å²) in [5, 5.41) is 3.52. The van der Waals surface area contributed by atoms with Gasteiger partial charge < -0.3 is 10.1 Å². The number of halogens is 1. The molecule has 1 fully saturated rings. The maximum absolute atomic E-state index is 13.0. The third kappa shape index (κ3) is 4.84. The molecule has 0 amide bonds. The van der Waals surface area contributed by atoms with E-state index in [9.17, 15) is 4.39 Å². The summed E-state index contributed by atoms with van der Waals surface area (Å²) in [7, 11) is 0. The smallest absolute Gasteiger partial charge is 0.141 e. The molecule has 0 radical (unpaired) electrons. The highest BCUT2D eigenvalue weighted by Crippen LogP contribution is 2.23. The van der Waals surface area contributed by atoms with Gasteiger partial charge in [-0.1, -0.05) is 13.8 Å². The van der Waals surface area contributed by atoms with Crippen LogP contribution in [0.5, 0.6) is 0 Å². The van der Waals surface area contributed by atoms with Gasteiger partial charge in [-0.05, 0) is 44.2 Å². The third-order valence-electron chi connectivity index (χ3n) is 3.68. The van der Waals surface area contributed by atoms with Crippen LogP contribution in [-0.4, -0.2) is 23.7 Å². The fourth-order valence-electron chi connectivity index (χ4n) is 2.73. The van der Waals surface area contributed by atoms with E-state index in [1.54, 1.807) is 6.07 Å². The molecule has 0 spiro atoms. The minimum Gasteiger partial charge on any atom is -0.378 e. The van der Waals surface area contributed by atoms with Gasteiger partial charge in [-0.2, -0.15) is 0 Å². The Bertz CT molecular complexity index is 388. The van der Waals surface area contributed by atoms with Gasteiger partial charge in [-0.25, -0.2) is 4.39 Å². The second-order valence-electron chi connectivity index (χ2n) is 5.84. The highest BCUT2D eigenvalue weighted by Gasteiger charge is 2.18. The van der Waals surface area contributed by atoms with Crippen LogP contribution in [0, 0.1) is 5.82 Å². The Morgan fingerprint density at radius 3 is 2.90 bits per heavy atom. The van der Waals surface area contributed by atoms with Crippen molar-refractivity contribution in [3.63, 3.8) is 0 Å². The maximum atomic E-state index is 13.0. The van der Waals surface area contributed by atoms with E-state index in [2.05, 4.69) is 24.1 Å². The summed E-state index contributed by atoms with van der Waals surface area (Å²) in [6.07, 6.45) is 7.34. The van der Waals surface area contributed by atoms with Crippen LogP contribution in [0.25, 0.3) is 0 Å². The zero-order chi connectivity index (χ0) is 14.4. The fourth-order valence-corrected chi connectivity index (χ4v) is 2.73. The summed E-state index contributed by atoms with van der Waals surface area (Å²) in [6, 6.07) is 3.84. The molecular weight excluding hydrogens is 255 g/mol. The predicted molar refractivity (Wildman–Crippen MR) is 78.0 cm³/mol. The number of rotatable bonds is 7. The summed E-state index contributed by atoms with van der Waals surface area (Å²) in [4.78, 5) is 4.21. The molecule has 0 saturated carbocycles. The number of nitrogens with one attached hydrogen (secondary N) is 1. The molecule has 2 heterocycles. The Hall–Kier alpha value is -1.00. The molecule has 0 bridgehead atoms. The summed E-state index contributed by atoms with van der Waals surface area (Å²) in [5.41, 5.74) is 0.924. The predicted octanol–water partition coefficient (Wildman–Crippen LogP) is 3.61. The van der Waals surface area contributed by atoms with E-state index in [1.807, 2.05) is 0 Å². The zero-order valence-electron chi connectivity index (χ0n) is 12.4.